The van der Waals surface area contributed by atoms with E-state index in [9.17, 15) is 4.39 Å². The highest BCUT2D eigenvalue weighted by Crippen LogP contribution is 2.44. The summed E-state index contributed by atoms with van der Waals surface area (Å²) in [6.07, 6.45) is 0.984. The number of benzene rings is 2. The minimum atomic E-state index is -0.141. The summed E-state index contributed by atoms with van der Waals surface area (Å²) >= 11 is 0. The molecule has 4 rings (SSSR count). The number of para-hydroxylation sites is 2. The molecule has 2 heterocycles. The number of rotatable bonds is 7. The van der Waals surface area contributed by atoms with Gasteiger partial charge in [-0.2, -0.15) is 0 Å². The van der Waals surface area contributed by atoms with E-state index >= 15 is 0 Å². The van der Waals surface area contributed by atoms with Crippen molar-refractivity contribution in [3.05, 3.63) is 59.9 Å². The van der Waals surface area contributed by atoms with E-state index in [1.54, 1.807) is 13.2 Å². The van der Waals surface area contributed by atoms with Crippen LogP contribution in [0.4, 0.5) is 4.39 Å². The van der Waals surface area contributed by atoms with Crippen LogP contribution < -0.4 is 9.47 Å². The molecule has 2 saturated heterocycles. The van der Waals surface area contributed by atoms with Crippen LogP contribution in [0.5, 0.6) is 11.5 Å². The van der Waals surface area contributed by atoms with Crippen molar-refractivity contribution in [3.63, 3.8) is 0 Å². The number of methoxy groups -OCH3 is 1. The lowest BCUT2D eigenvalue weighted by Gasteiger charge is -2.27. The normalized spacial score (nSPS) is 25.0. The summed E-state index contributed by atoms with van der Waals surface area (Å²) in [7, 11) is 3.83. The average Bonchev–Trinajstić information content (AvgIpc) is 3.21. The first kappa shape index (κ1) is 19.2. The van der Waals surface area contributed by atoms with Crippen LogP contribution in [0, 0.1) is 17.7 Å². The lowest BCUT2D eigenvalue weighted by atomic mass is 9.89. The third kappa shape index (κ3) is 4.01. The molecule has 2 fully saturated rings. The molecule has 28 heavy (non-hydrogen) atoms. The molecule has 2 aromatic rings. The molecule has 4 nitrogen and oxygen atoms in total. The van der Waals surface area contributed by atoms with Crippen LogP contribution >= 0.6 is 0 Å². The van der Waals surface area contributed by atoms with Crippen LogP contribution in [0.15, 0.2) is 48.5 Å². The zero-order valence-corrected chi connectivity index (χ0v) is 16.7. The van der Waals surface area contributed by atoms with Gasteiger partial charge in [0.1, 0.15) is 5.82 Å². The van der Waals surface area contributed by atoms with E-state index in [-0.39, 0.29) is 5.82 Å². The van der Waals surface area contributed by atoms with Crippen molar-refractivity contribution < 1.29 is 13.9 Å². The van der Waals surface area contributed by atoms with Crippen LogP contribution in [0.3, 0.4) is 0 Å². The molecule has 0 radical (unpaired) electrons. The fourth-order valence-corrected chi connectivity index (χ4v) is 4.93. The lowest BCUT2D eigenvalue weighted by molar-refractivity contribution is 0.212. The van der Waals surface area contributed by atoms with E-state index in [1.165, 1.54) is 6.07 Å². The maximum absolute atomic E-state index is 13.7. The molecule has 2 aromatic carbocycles. The summed E-state index contributed by atoms with van der Waals surface area (Å²) < 4.78 is 24.9. The molecular weight excluding hydrogens is 355 g/mol. The Labute approximate surface area is 166 Å². The monoisotopic (exact) mass is 384 g/mol. The number of likely N-dealkylation sites (tertiary alicyclic amines) is 2. The molecule has 2 aliphatic rings. The quantitative estimate of drug-likeness (QED) is 0.677. The highest BCUT2D eigenvalue weighted by molar-refractivity contribution is 5.39. The van der Waals surface area contributed by atoms with Crippen LogP contribution in [0.2, 0.25) is 0 Å². The predicted octanol–water partition coefficient (Wildman–Crippen LogP) is 3.84. The summed E-state index contributed by atoms with van der Waals surface area (Å²) in [5, 5.41) is 0. The Hall–Kier alpha value is -2.11. The van der Waals surface area contributed by atoms with Gasteiger partial charge in [0, 0.05) is 32.2 Å². The van der Waals surface area contributed by atoms with Crippen molar-refractivity contribution in [2.45, 2.75) is 12.5 Å². The number of hydrogen-bond donors (Lipinski definition) is 0. The lowest BCUT2D eigenvalue weighted by Crippen LogP contribution is -2.30. The van der Waals surface area contributed by atoms with Gasteiger partial charge < -0.3 is 14.4 Å². The Morgan fingerprint density at radius 2 is 1.86 bits per heavy atom. The molecule has 0 spiro atoms. The second-order valence-electron chi connectivity index (χ2n) is 7.98. The van der Waals surface area contributed by atoms with Crippen LogP contribution in [-0.2, 0) is 0 Å². The Balaban J connectivity index is 1.29. The van der Waals surface area contributed by atoms with E-state index in [0.717, 1.165) is 49.7 Å². The minimum absolute atomic E-state index is 0.141. The molecule has 0 amide bonds. The highest BCUT2D eigenvalue weighted by Gasteiger charge is 2.45. The highest BCUT2D eigenvalue weighted by atomic mass is 19.1. The summed E-state index contributed by atoms with van der Waals surface area (Å²) in [6, 6.07) is 15.2. The summed E-state index contributed by atoms with van der Waals surface area (Å²) in [4.78, 5) is 4.94. The molecule has 0 unspecified atom stereocenters. The Morgan fingerprint density at radius 1 is 1.04 bits per heavy atom. The van der Waals surface area contributed by atoms with E-state index in [4.69, 9.17) is 9.47 Å². The number of ether oxygens (including phenoxy) is 2. The average molecular weight is 384 g/mol. The number of hydrogen-bond acceptors (Lipinski definition) is 4. The van der Waals surface area contributed by atoms with E-state index in [2.05, 4.69) is 22.9 Å². The molecule has 0 saturated carbocycles. The van der Waals surface area contributed by atoms with Gasteiger partial charge in [-0.15, -0.1) is 0 Å². The van der Waals surface area contributed by atoms with Gasteiger partial charge in [0.25, 0.3) is 0 Å². The topological polar surface area (TPSA) is 24.9 Å². The summed E-state index contributed by atoms with van der Waals surface area (Å²) in [5.41, 5.74) is 1.11. The predicted molar refractivity (Wildman–Crippen MR) is 108 cm³/mol. The van der Waals surface area contributed by atoms with Gasteiger partial charge in [-0.3, -0.25) is 4.90 Å². The Kier molecular flexibility index (Phi) is 5.83. The maximum atomic E-state index is 13.7. The minimum Gasteiger partial charge on any atom is -0.493 e. The van der Waals surface area contributed by atoms with Gasteiger partial charge in [-0.1, -0.05) is 24.3 Å². The van der Waals surface area contributed by atoms with Crippen LogP contribution in [0.25, 0.3) is 0 Å². The first-order valence-corrected chi connectivity index (χ1v) is 10.1. The molecular formula is C23H29FN2O2. The maximum Gasteiger partial charge on any atom is 0.161 e. The fraction of sp³-hybridized carbons (Fsp3) is 0.478. The van der Waals surface area contributed by atoms with E-state index in [1.807, 2.05) is 30.3 Å². The molecule has 0 N–H and O–H groups in total. The third-order valence-corrected chi connectivity index (χ3v) is 6.11. The Morgan fingerprint density at radius 3 is 2.64 bits per heavy atom. The molecule has 3 atom stereocenters. The molecule has 5 heteroatoms. The van der Waals surface area contributed by atoms with Gasteiger partial charge in [0.2, 0.25) is 0 Å². The summed E-state index contributed by atoms with van der Waals surface area (Å²) in [6.45, 7) is 4.99. The van der Waals surface area contributed by atoms with Crippen molar-refractivity contribution >= 4 is 0 Å². The van der Waals surface area contributed by atoms with Gasteiger partial charge in [-0.25, -0.2) is 4.39 Å². The standard InChI is InChI=1S/C23H29FN2O2/c1-25-14-18-15-26(11-6-12-28-22-10-4-3-9-21(22)27-2)16-20(18)23(25)17-7-5-8-19(24)13-17/h3-5,7-10,13,18,20,23H,6,11-12,14-16H2,1-2H3/t18-,20+,23-/m0/s1. The number of fused-ring (bicyclic) bond motifs is 1. The SMILES string of the molecule is COc1ccccc1OCCCN1C[C@@H]2CN(C)[C@@H](c3cccc(F)c3)[C@@H]2C1. The second kappa shape index (κ2) is 8.50. The van der Waals surface area contributed by atoms with Crippen LogP contribution in [-0.4, -0.2) is 56.7 Å². The molecule has 150 valence electrons. The second-order valence-corrected chi connectivity index (χ2v) is 7.98. The fourth-order valence-electron chi connectivity index (χ4n) is 4.93. The number of halogens is 1. The zero-order chi connectivity index (χ0) is 19.5. The van der Waals surface area contributed by atoms with Crippen LogP contribution in [0.1, 0.15) is 18.0 Å². The first-order chi connectivity index (χ1) is 13.7. The molecule has 0 bridgehead atoms. The summed E-state index contributed by atoms with van der Waals surface area (Å²) in [5.74, 6) is 2.67. The zero-order valence-electron chi connectivity index (χ0n) is 16.7. The molecule has 0 aromatic heterocycles. The van der Waals surface area contributed by atoms with Crippen molar-refractivity contribution in [1.29, 1.82) is 0 Å². The molecule has 0 aliphatic carbocycles. The van der Waals surface area contributed by atoms with Gasteiger partial charge >= 0.3 is 0 Å². The first-order valence-electron chi connectivity index (χ1n) is 10.1. The van der Waals surface area contributed by atoms with Crippen molar-refractivity contribution in [1.82, 2.24) is 9.80 Å². The van der Waals surface area contributed by atoms with E-state index in [0.29, 0.717) is 24.5 Å². The number of nitrogens with zero attached hydrogens (tertiary/aromatic N) is 2. The van der Waals surface area contributed by atoms with Crippen molar-refractivity contribution in [2.75, 3.05) is 46.9 Å². The van der Waals surface area contributed by atoms with Gasteiger partial charge in [-0.05, 0) is 55.1 Å². The smallest absolute Gasteiger partial charge is 0.161 e. The van der Waals surface area contributed by atoms with Gasteiger partial charge in [0.05, 0.1) is 13.7 Å². The van der Waals surface area contributed by atoms with Crippen molar-refractivity contribution in [2.24, 2.45) is 11.8 Å². The van der Waals surface area contributed by atoms with Gasteiger partial charge in [0.15, 0.2) is 11.5 Å². The van der Waals surface area contributed by atoms with E-state index < -0.39 is 0 Å². The molecule has 2 aliphatic heterocycles. The van der Waals surface area contributed by atoms with Crippen molar-refractivity contribution in [3.8, 4) is 11.5 Å². The largest absolute Gasteiger partial charge is 0.493 e. The third-order valence-electron chi connectivity index (χ3n) is 6.11. The Bertz CT molecular complexity index is 800.